The number of hydrogen-bond donors (Lipinski definition) is 2. The molecule has 0 saturated carbocycles. The van der Waals surface area contributed by atoms with Crippen LogP contribution >= 0.6 is 0 Å². The molecule has 0 radical (unpaired) electrons. The summed E-state index contributed by atoms with van der Waals surface area (Å²) in [5.74, 6) is 0.759. The molecule has 23 heavy (non-hydrogen) atoms. The van der Waals surface area contributed by atoms with Gasteiger partial charge >= 0.3 is 0 Å². The summed E-state index contributed by atoms with van der Waals surface area (Å²) < 4.78 is 10.9. The number of benzene rings is 1. The van der Waals surface area contributed by atoms with Crippen LogP contribution in [0.5, 0.6) is 5.75 Å². The van der Waals surface area contributed by atoms with Gasteiger partial charge in [-0.15, -0.1) is 0 Å². The zero-order chi connectivity index (χ0) is 16.9. The lowest BCUT2D eigenvalue weighted by Gasteiger charge is -2.09. The summed E-state index contributed by atoms with van der Waals surface area (Å²) in [5, 5.41) is 2.92. The van der Waals surface area contributed by atoms with E-state index in [0.717, 1.165) is 31.4 Å². The first kappa shape index (κ1) is 19.3. The molecule has 0 atom stereocenters. The van der Waals surface area contributed by atoms with Crippen molar-refractivity contribution in [3.05, 3.63) is 23.8 Å². The lowest BCUT2D eigenvalue weighted by molar-refractivity contribution is -0.121. The number of nitrogen functional groups attached to an aromatic ring is 1. The molecule has 0 heterocycles. The van der Waals surface area contributed by atoms with E-state index in [4.69, 9.17) is 15.2 Å². The molecule has 0 aliphatic rings. The van der Waals surface area contributed by atoms with Crippen molar-refractivity contribution in [1.82, 2.24) is 5.32 Å². The van der Waals surface area contributed by atoms with E-state index in [1.807, 2.05) is 25.1 Å². The smallest absolute Gasteiger partial charge is 0.220 e. The first-order chi connectivity index (χ1) is 11.2. The third-order valence-corrected chi connectivity index (χ3v) is 3.44. The van der Waals surface area contributed by atoms with Gasteiger partial charge in [-0.05, 0) is 43.9 Å². The van der Waals surface area contributed by atoms with Crippen LogP contribution in [0.4, 0.5) is 5.69 Å². The maximum atomic E-state index is 11.8. The molecule has 0 bridgehead atoms. The molecular weight excluding hydrogens is 292 g/mol. The Balaban J connectivity index is 2.17. The first-order valence-electron chi connectivity index (χ1n) is 8.53. The van der Waals surface area contributed by atoms with Gasteiger partial charge in [-0.2, -0.15) is 0 Å². The quantitative estimate of drug-likeness (QED) is 0.458. The number of amides is 1. The molecule has 0 aliphatic heterocycles. The zero-order valence-corrected chi connectivity index (χ0v) is 14.4. The molecule has 5 heteroatoms. The average molecular weight is 322 g/mol. The summed E-state index contributed by atoms with van der Waals surface area (Å²) in [6.45, 7) is 6.83. The lowest BCUT2D eigenvalue weighted by atomic mass is 10.1. The number of carbonyl (C=O) groups excluding carboxylic acids is 1. The second kappa shape index (κ2) is 11.8. The number of ether oxygens (including phenoxy) is 2. The van der Waals surface area contributed by atoms with Crippen LogP contribution in [0.15, 0.2) is 18.2 Å². The van der Waals surface area contributed by atoms with E-state index >= 15 is 0 Å². The number of hydrogen-bond acceptors (Lipinski definition) is 4. The SMILES string of the molecule is CCCCOCCCNC(=O)CCc1ccc(OCC)c(N)c1. The molecule has 1 amide bonds. The summed E-state index contributed by atoms with van der Waals surface area (Å²) in [5.41, 5.74) is 7.59. The van der Waals surface area contributed by atoms with Crippen LogP contribution in [-0.4, -0.2) is 32.3 Å². The highest BCUT2D eigenvalue weighted by Crippen LogP contribution is 2.23. The Labute approximate surface area is 139 Å². The Kier molecular flexibility index (Phi) is 9.87. The van der Waals surface area contributed by atoms with Gasteiger partial charge in [-0.1, -0.05) is 19.4 Å². The van der Waals surface area contributed by atoms with Crippen LogP contribution in [-0.2, 0) is 16.0 Å². The van der Waals surface area contributed by atoms with Crippen LogP contribution in [0.3, 0.4) is 0 Å². The van der Waals surface area contributed by atoms with Crippen molar-refractivity contribution in [3.8, 4) is 5.75 Å². The number of nitrogens with two attached hydrogens (primary N) is 1. The Morgan fingerprint density at radius 3 is 2.70 bits per heavy atom. The minimum absolute atomic E-state index is 0.0611. The molecule has 0 unspecified atom stereocenters. The summed E-state index contributed by atoms with van der Waals surface area (Å²) in [6, 6.07) is 5.69. The lowest BCUT2D eigenvalue weighted by Crippen LogP contribution is -2.25. The van der Waals surface area contributed by atoms with Crippen LogP contribution in [0.25, 0.3) is 0 Å². The Morgan fingerprint density at radius 2 is 2.00 bits per heavy atom. The summed E-state index contributed by atoms with van der Waals surface area (Å²) in [6.07, 6.45) is 4.23. The summed E-state index contributed by atoms with van der Waals surface area (Å²) in [4.78, 5) is 11.8. The molecule has 1 rings (SSSR count). The minimum Gasteiger partial charge on any atom is -0.492 e. The van der Waals surface area contributed by atoms with Crippen LogP contribution < -0.4 is 15.8 Å². The van der Waals surface area contributed by atoms with Crippen molar-refractivity contribution in [3.63, 3.8) is 0 Å². The van der Waals surface area contributed by atoms with Gasteiger partial charge in [0.25, 0.3) is 0 Å². The first-order valence-corrected chi connectivity index (χ1v) is 8.53. The van der Waals surface area contributed by atoms with Gasteiger partial charge in [-0.3, -0.25) is 4.79 Å². The van der Waals surface area contributed by atoms with Crippen molar-refractivity contribution in [2.24, 2.45) is 0 Å². The van der Waals surface area contributed by atoms with Crippen LogP contribution in [0, 0.1) is 0 Å². The zero-order valence-electron chi connectivity index (χ0n) is 14.4. The largest absolute Gasteiger partial charge is 0.492 e. The summed E-state index contributed by atoms with van der Waals surface area (Å²) >= 11 is 0. The molecule has 130 valence electrons. The van der Waals surface area contributed by atoms with Gasteiger partial charge in [0.15, 0.2) is 0 Å². The third-order valence-electron chi connectivity index (χ3n) is 3.44. The molecule has 0 aliphatic carbocycles. The minimum atomic E-state index is 0.0611. The average Bonchev–Trinajstić information content (AvgIpc) is 2.54. The van der Waals surface area contributed by atoms with Crippen molar-refractivity contribution < 1.29 is 14.3 Å². The van der Waals surface area contributed by atoms with Gasteiger partial charge in [0.2, 0.25) is 5.91 Å². The second-order valence-electron chi connectivity index (χ2n) is 5.47. The molecule has 1 aromatic carbocycles. The molecule has 1 aromatic rings. The Morgan fingerprint density at radius 1 is 1.22 bits per heavy atom. The standard InChI is InChI=1S/C18H30N2O3/c1-3-5-12-22-13-6-11-20-18(21)10-8-15-7-9-17(23-4-2)16(19)14-15/h7,9,14H,3-6,8,10-13,19H2,1-2H3,(H,20,21). The molecular formula is C18H30N2O3. The number of nitrogens with one attached hydrogen (secondary N) is 1. The van der Waals surface area contributed by atoms with Gasteiger partial charge in [0.1, 0.15) is 5.75 Å². The summed E-state index contributed by atoms with van der Waals surface area (Å²) in [7, 11) is 0. The van der Waals surface area contributed by atoms with Crippen molar-refractivity contribution >= 4 is 11.6 Å². The fourth-order valence-electron chi connectivity index (χ4n) is 2.14. The van der Waals surface area contributed by atoms with Gasteiger partial charge in [0.05, 0.1) is 12.3 Å². The monoisotopic (exact) mass is 322 g/mol. The fourth-order valence-corrected chi connectivity index (χ4v) is 2.14. The Hall–Kier alpha value is -1.75. The third kappa shape index (κ3) is 8.45. The molecule has 0 fully saturated rings. The van der Waals surface area contributed by atoms with Gasteiger partial charge < -0.3 is 20.5 Å². The van der Waals surface area contributed by atoms with E-state index in [-0.39, 0.29) is 5.91 Å². The maximum absolute atomic E-state index is 11.8. The topological polar surface area (TPSA) is 73.6 Å². The maximum Gasteiger partial charge on any atom is 0.220 e. The highest BCUT2D eigenvalue weighted by molar-refractivity contribution is 5.76. The van der Waals surface area contributed by atoms with E-state index < -0.39 is 0 Å². The van der Waals surface area contributed by atoms with Crippen molar-refractivity contribution in [2.75, 3.05) is 32.1 Å². The van der Waals surface area contributed by atoms with Crippen LogP contribution in [0.1, 0.15) is 45.1 Å². The molecule has 0 spiro atoms. The van der Waals surface area contributed by atoms with E-state index in [0.29, 0.717) is 44.0 Å². The predicted molar refractivity (Wildman–Crippen MR) is 93.7 cm³/mol. The predicted octanol–water partition coefficient (Wildman–Crippen LogP) is 2.92. The van der Waals surface area contributed by atoms with E-state index in [1.54, 1.807) is 0 Å². The van der Waals surface area contributed by atoms with E-state index in [9.17, 15) is 4.79 Å². The van der Waals surface area contributed by atoms with Crippen molar-refractivity contribution in [1.29, 1.82) is 0 Å². The van der Waals surface area contributed by atoms with Crippen molar-refractivity contribution in [2.45, 2.75) is 46.0 Å². The Bertz CT molecular complexity index is 464. The molecule has 0 aromatic heterocycles. The van der Waals surface area contributed by atoms with E-state index in [2.05, 4.69) is 12.2 Å². The molecule has 3 N–H and O–H groups in total. The van der Waals surface area contributed by atoms with E-state index in [1.165, 1.54) is 0 Å². The highest BCUT2D eigenvalue weighted by Gasteiger charge is 2.05. The second-order valence-corrected chi connectivity index (χ2v) is 5.47. The highest BCUT2D eigenvalue weighted by atomic mass is 16.5. The van der Waals surface area contributed by atoms with Gasteiger partial charge in [-0.25, -0.2) is 0 Å². The van der Waals surface area contributed by atoms with Crippen LogP contribution in [0.2, 0.25) is 0 Å². The number of aryl methyl sites for hydroxylation is 1. The fraction of sp³-hybridized carbons (Fsp3) is 0.611. The van der Waals surface area contributed by atoms with Gasteiger partial charge in [0, 0.05) is 26.2 Å². The number of carbonyl (C=O) groups is 1. The number of unbranched alkanes of at least 4 members (excludes halogenated alkanes) is 1. The normalized spacial score (nSPS) is 10.5. The number of anilines is 1. The number of rotatable bonds is 12. The molecule has 5 nitrogen and oxygen atoms in total. The molecule has 0 saturated heterocycles.